The number of hydrogen-bond acceptors (Lipinski definition) is 2. The summed E-state index contributed by atoms with van der Waals surface area (Å²) < 4.78 is 0. The Bertz CT molecular complexity index is 268. The van der Waals surface area contributed by atoms with Crippen molar-refractivity contribution in [3.05, 3.63) is 0 Å². The van der Waals surface area contributed by atoms with Gasteiger partial charge in [0, 0.05) is 18.6 Å². The number of nitrogens with one attached hydrogen (secondary N) is 1. The van der Waals surface area contributed by atoms with Crippen LogP contribution in [0.5, 0.6) is 0 Å². The van der Waals surface area contributed by atoms with E-state index >= 15 is 0 Å². The topological polar surface area (TPSA) is 32.3 Å². The zero-order chi connectivity index (χ0) is 13.2. The smallest absolute Gasteiger partial charge is 0.240 e. The third kappa shape index (κ3) is 3.70. The number of rotatable bonds is 3. The van der Waals surface area contributed by atoms with E-state index in [0.29, 0.717) is 12.1 Å². The maximum absolute atomic E-state index is 12.6. The zero-order valence-electron chi connectivity index (χ0n) is 12.2. The second-order valence-electron chi connectivity index (χ2n) is 6.64. The van der Waals surface area contributed by atoms with E-state index in [0.717, 1.165) is 19.4 Å². The Kier molecular flexibility index (Phi) is 4.59. The number of amides is 1. The van der Waals surface area contributed by atoms with Crippen molar-refractivity contribution >= 4 is 5.91 Å². The second-order valence-corrected chi connectivity index (χ2v) is 6.64. The standard InChI is InChI=1S/C14H28N2O/c1-10(2)15-12(14(4,5)6)13(17)16-9-7-8-11(16)3/h10-12,15H,7-9H2,1-6H3. The highest BCUT2D eigenvalue weighted by Gasteiger charge is 2.37. The van der Waals surface area contributed by atoms with Crippen molar-refractivity contribution in [2.24, 2.45) is 5.41 Å². The van der Waals surface area contributed by atoms with E-state index in [1.54, 1.807) is 0 Å². The van der Waals surface area contributed by atoms with Crippen molar-refractivity contribution in [2.75, 3.05) is 6.54 Å². The van der Waals surface area contributed by atoms with Crippen molar-refractivity contribution < 1.29 is 4.79 Å². The van der Waals surface area contributed by atoms with Crippen LogP contribution in [-0.4, -0.2) is 35.5 Å². The van der Waals surface area contributed by atoms with Crippen molar-refractivity contribution in [1.29, 1.82) is 0 Å². The largest absolute Gasteiger partial charge is 0.339 e. The Morgan fingerprint density at radius 3 is 2.29 bits per heavy atom. The Labute approximate surface area is 106 Å². The molecule has 0 aromatic rings. The summed E-state index contributed by atoms with van der Waals surface area (Å²) in [5.41, 5.74) is -0.0380. The van der Waals surface area contributed by atoms with E-state index in [1.165, 1.54) is 0 Å². The monoisotopic (exact) mass is 240 g/mol. The minimum atomic E-state index is -0.0805. The lowest BCUT2D eigenvalue weighted by Crippen LogP contribution is -2.55. The van der Waals surface area contributed by atoms with E-state index in [4.69, 9.17) is 0 Å². The number of nitrogens with zero attached hydrogens (tertiary/aromatic N) is 1. The molecule has 0 saturated carbocycles. The van der Waals surface area contributed by atoms with Gasteiger partial charge in [-0.1, -0.05) is 34.6 Å². The lowest BCUT2D eigenvalue weighted by Gasteiger charge is -2.36. The molecule has 3 heteroatoms. The molecular weight excluding hydrogens is 212 g/mol. The van der Waals surface area contributed by atoms with Gasteiger partial charge in [0.15, 0.2) is 0 Å². The fourth-order valence-corrected chi connectivity index (χ4v) is 2.45. The van der Waals surface area contributed by atoms with E-state index < -0.39 is 0 Å². The fraction of sp³-hybridized carbons (Fsp3) is 0.929. The van der Waals surface area contributed by atoms with Gasteiger partial charge in [0.1, 0.15) is 0 Å². The van der Waals surface area contributed by atoms with E-state index in [1.807, 2.05) is 4.90 Å². The van der Waals surface area contributed by atoms with Crippen molar-refractivity contribution in [3.8, 4) is 0 Å². The Morgan fingerprint density at radius 1 is 1.35 bits per heavy atom. The normalized spacial score (nSPS) is 23.2. The van der Waals surface area contributed by atoms with Gasteiger partial charge in [-0.25, -0.2) is 0 Å². The highest BCUT2D eigenvalue weighted by Crippen LogP contribution is 2.25. The summed E-state index contributed by atoms with van der Waals surface area (Å²) in [6.45, 7) is 13.7. The molecule has 1 saturated heterocycles. The predicted molar refractivity (Wildman–Crippen MR) is 71.9 cm³/mol. The molecule has 2 unspecified atom stereocenters. The minimum Gasteiger partial charge on any atom is -0.339 e. The summed E-state index contributed by atoms with van der Waals surface area (Å²) in [6.07, 6.45) is 2.29. The molecule has 1 fully saturated rings. The van der Waals surface area contributed by atoms with Gasteiger partial charge in [-0.05, 0) is 25.2 Å². The Morgan fingerprint density at radius 2 is 1.94 bits per heavy atom. The lowest BCUT2D eigenvalue weighted by molar-refractivity contribution is -0.136. The SMILES string of the molecule is CC(C)NC(C(=O)N1CCCC1C)C(C)(C)C. The molecular formula is C14H28N2O. The van der Waals surface area contributed by atoms with Gasteiger partial charge in [-0.15, -0.1) is 0 Å². The first-order valence-electron chi connectivity index (χ1n) is 6.80. The van der Waals surface area contributed by atoms with Crippen LogP contribution < -0.4 is 5.32 Å². The zero-order valence-corrected chi connectivity index (χ0v) is 12.2. The number of likely N-dealkylation sites (tertiary alicyclic amines) is 1. The van der Waals surface area contributed by atoms with Crippen LogP contribution in [0.4, 0.5) is 0 Å². The molecule has 0 aromatic heterocycles. The first kappa shape index (κ1) is 14.5. The van der Waals surface area contributed by atoms with Crippen LogP contribution in [0, 0.1) is 5.41 Å². The number of carbonyl (C=O) groups excluding carboxylic acids is 1. The van der Waals surface area contributed by atoms with Crippen LogP contribution in [0.25, 0.3) is 0 Å². The lowest BCUT2D eigenvalue weighted by atomic mass is 9.85. The fourth-order valence-electron chi connectivity index (χ4n) is 2.45. The third-order valence-corrected chi connectivity index (χ3v) is 3.45. The molecule has 1 amide bonds. The maximum atomic E-state index is 12.6. The molecule has 1 heterocycles. The molecule has 100 valence electrons. The maximum Gasteiger partial charge on any atom is 0.240 e. The molecule has 1 aliphatic rings. The summed E-state index contributed by atoms with van der Waals surface area (Å²) in [5.74, 6) is 0.274. The average Bonchev–Trinajstić information content (AvgIpc) is 2.58. The van der Waals surface area contributed by atoms with Crippen molar-refractivity contribution in [1.82, 2.24) is 10.2 Å². The Balaban J connectivity index is 2.79. The second kappa shape index (κ2) is 5.38. The average molecular weight is 240 g/mol. The van der Waals surface area contributed by atoms with Crippen molar-refractivity contribution in [2.45, 2.75) is 72.5 Å². The van der Waals surface area contributed by atoms with Crippen LogP contribution in [0.2, 0.25) is 0 Å². The van der Waals surface area contributed by atoms with Crippen LogP contribution in [0.1, 0.15) is 54.4 Å². The van der Waals surface area contributed by atoms with Gasteiger partial charge in [-0.3, -0.25) is 4.79 Å². The first-order chi connectivity index (χ1) is 7.73. The number of carbonyl (C=O) groups is 1. The molecule has 17 heavy (non-hydrogen) atoms. The van der Waals surface area contributed by atoms with Gasteiger partial charge in [-0.2, -0.15) is 0 Å². The van der Waals surface area contributed by atoms with Crippen LogP contribution in [0.3, 0.4) is 0 Å². The van der Waals surface area contributed by atoms with E-state index in [-0.39, 0.29) is 17.4 Å². The molecule has 0 bridgehead atoms. The minimum absolute atomic E-state index is 0.0380. The summed E-state index contributed by atoms with van der Waals surface area (Å²) in [7, 11) is 0. The molecule has 3 nitrogen and oxygen atoms in total. The Hall–Kier alpha value is -0.570. The highest BCUT2D eigenvalue weighted by atomic mass is 16.2. The highest BCUT2D eigenvalue weighted by molar-refractivity contribution is 5.83. The molecule has 1 rings (SSSR count). The molecule has 1 aliphatic heterocycles. The first-order valence-corrected chi connectivity index (χ1v) is 6.80. The van der Waals surface area contributed by atoms with Gasteiger partial charge in [0.2, 0.25) is 5.91 Å². The van der Waals surface area contributed by atoms with E-state index in [9.17, 15) is 4.79 Å². The molecule has 0 spiro atoms. The third-order valence-electron chi connectivity index (χ3n) is 3.45. The summed E-state index contributed by atoms with van der Waals surface area (Å²) in [4.78, 5) is 14.6. The van der Waals surface area contributed by atoms with Gasteiger partial charge >= 0.3 is 0 Å². The van der Waals surface area contributed by atoms with Crippen molar-refractivity contribution in [3.63, 3.8) is 0 Å². The molecule has 1 N–H and O–H groups in total. The number of hydrogen-bond donors (Lipinski definition) is 1. The van der Waals surface area contributed by atoms with Gasteiger partial charge in [0.25, 0.3) is 0 Å². The van der Waals surface area contributed by atoms with Crippen LogP contribution in [0.15, 0.2) is 0 Å². The summed E-state index contributed by atoms with van der Waals surface area (Å²) >= 11 is 0. The van der Waals surface area contributed by atoms with Gasteiger partial charge in [0.05, 0.1) is 6.04 Å². The molecule has 0 aliphatic carbocycles. The van der Waals surface area contributed by atoms with Crippen LogP contribution in [-0.2, 0) is 4.79 Å². The molecule has 0 radical (unpaired) electrons. The quantitative estimate of drug-likeness (QED) is 0.821. The molecule has 2 atom stereocenters. The summed E-state index contributed by atoms with van der Waals surface area (Å²) in [6, 6.07) is 0.658. The summed E-state index contributed by atoms with van der Waals surface area (Å²) in [5, 5.41) is 3.43. The van der Waals surface area contributed by atoms with Gasteiger partial charge < -0.3 is 10.2 Å². The van der Waals surface area contributed by atoms with Crippen LogP contribution >= 0.6 is 0 Å². The predicted octanol–water partition coefficient (Wildman–Crippen LogP) is 2.41. The molecule has 0 aromatic carbocycles. The van der Waals surface area contributed by atoms with E-state index in [2.05, 4.69) is 46.9 Å².